The van der Waals surface area contributed by atoms with Crippen LogP contribution in [0.5, 0.6) is 0 Å². The predicted octanol–water partition coefficient (Wildman–Crippen LogP) is 3.32. The maximum absolute atomic E-state index is 12.5. The number of benzene rings is 3. The smallest absolute Gasteiger partial charge is 0.332 e. The van der Waals surface area contributed by atoms with E-state index in [2.05, 4.69) is 16.2 Å². The monoisotopic (exact) mass is 495 g/mol. The topological polar surface area (TPSA) is 128 Å². The molecule has 182 valence electrons. The molecule has 0 spiro atoms. The average molecular weight is 496 g/mol. The van der Waals surface area contributed by atoms with E-state index in [0.717, 1.165) is 22.3 Å². The lowest BCUT2D eigenvalue weighted by molar-refractivity contribution is -0.147. The molecule has 2 amide bonds. The van der Waals surface area contributed by atoms with Crippen LogP contribution >= 0.6 is 11.6 Å². The molecule has 0 aliphatic heterocycles. The van der Waals surface area contributed by atoms with Crippen molar-refractivity contribution in [2.75, 3.05) is 5.43 Å². The number of hydrazine groups is 1. The molecule has 5 N–H and O–H groups in total. The van der Waals surface area contributed by atoms with Gasteiger partial charge in [0, 0.05) is 17.5 Å². The van der Waals surface area contributed by atoms with Gasteiger partial charge in [0.25, 0.3) is 0 Å². The number of nitrogens with one attached hydrogen (secondary N) is 3. The lowest BCUT2D eigenvalue weighted by Crippen LogP contribution is -2.48. The van der Waals surface area contributed by atoms with E-state index in [-0.39, 0.29) is 12.8 Å². The number of carbonyl (C=O) groups excluding carboxylic acids is 2. The van der Waals surface area contributed by atoms with E-state index in [1.807, 2.05) is 61.5 Å². The summed E-state index contributed by atoms with van der Waals surface area (Å²) in [5, 5.41) is 22.1. The largest absolute Gasteiger partial charge is 0.479 e. The van der Waals surface area contributed by atoms with E-state index >= 15 is 0 Å². The molecule has 3 aromatic carbocycles. The third kappa shape index (κ3) is 7.56. The number of aliphatic hydroxyl groups is 1. The summed E-state index contributed by atoms with van der Waals surface area (Å²) in [5.41, 5.74) is 9.18. The number of hydrogen-bond donors (Lipinski definition) is 5. The summed E-state index contributed by atoms with van der Waals surface area (Å²) in [6.07, 6.45) is -1.75. The highest BCUT2D eigenvalue weighted by Crippen LogP contribution is 2.23. The molecule has 3 aromatic rings. The van der Waals surface area contributed by atoms with Crippen LogP contribution in [-0.4, -0.2) is 40.1 Å². The first-order valence-electron chi connectivity index (χ1n) is 10.9. The quantitative estimate of drug-likeness (QED) is 0.229. The van der Waals surface area contributed by atoms with Crippen LogP contribution in [0.1, 0.15) is 17.5 Å². The number of halogens is 1. The highest BCUT2D eigenvalue weighted by molar-refractivity contribution is 6.35. The van der Waals surface area contributed by atoms with Crippen LogP contribution in [0.15, 0.2) is 72.8 Å². The van der Waals surface area contributed by atoms with Crippen molar-refractivity contribution in [1.82, 2.24) is 10.7 Å². The Morgan fingerprint density at radius 2 is 1.63 bits per heavy atom. The summed E-state index contributed by atoms with van der Waals surface area (Å²) in [5.74, 6) is -3.31. The zero-order valence-electron chi connectivity index (χ0n) is 19.0. The lowest BCUT2D eigenvalue weighted by Gasteiger charge is -2.20. The van der Waals surface area contributed by atoms with Crippen molar-refractivity contribution in [2.24, 2.45) is 0 Å². The molecule has 0 fully saturated rings. The number of carboxylic acids is 1. The van der Waals surface area contributed by atoms with Gasteiger partial charge in [-0.2, -0.15) is 0 Å². The molecule has 0 bridgehead atoms. The van der Waals surface area contributed by atoms with E-state index < -0.39 is 29.9 Å². The molecule has 0 aliphatic rings. The van der Waals surface area contributed by atoms with Crippen molar-refractivity contribution in [2.45, 2.75) is 31.9 Å². The van der Waals surface area contributed by atoms with Crippen LogP contribution in [0.3, 0.4) is 0 Å². The molecule has 8 nitrogen and oxygen atoms in total. The molecule has 2 unspecified atom stereocenters. The number of aliphatic hydroxyl groups excluding tert-OH is 1. The standard InChI is InChI=1S/C26H26ClN3O5/c1-16-5-2-3-8-22(16)29-30-25(33)24(32)28-21(15-23(31)26(34)35)13-17-9-11-18(12-10-17)19-6-4-7-20(27)14-19/h2-12,14,21,23,29,31H,13,15H2,1H3,(H,28,32)(H,30,33)(H,34,35). The second-order valence-corrected chi connectivity index (χ2v) is 8.50. The number of hydrogen-bond acceptors (Lipinski definition) is 5. The van der Waals surface area contributed by atoms with Crippen LogP contribution in [-0.2, 0) is 20.8 Å². The van der Waals surface area contributed by atoms with Gasteiger partial charge in [-0.1, -0.05) is 66.2 Å². The Morgan fingerprint density at radius 3 is 2.29 bits per heavy atom. The van der Waals surface area contributed by atoms with Crippen LogP contribution < -0.4 is 16.2 Å². The molecule has 0 saturated carbocycles. The zero-order chi connectivity index (χ0) is 25.4. The molecular weight excluding hydrogens is 470 g/mol. The first-order chi connectivity index (χ1) is 16.7. The Labute approximate surface area is 207 Å². The Bertz CT molecular complexity index is 1200. The Hall–Kier alpha value is -3.88. The molecule has 0 heterocycles. The van der Waals surface area contributed by atoms with Gasteiger partial charge in [0.2, 0.25) is 0 Å². The molecule has 2 atom stereocenters. The summed E-state index contributed by atoms with van der Waals surface area (Å²) in [6, 6.07) is 21.2. The summed E-state index contributed by atoms with van der Waals surface area (Å²) in [4.78, 5) is 35.9. The van der Waals surface area contributed by atoms with E-state index in [1.54, 1.807) is 18.2 Å². The SMILES string of the molecule is Cc1ccccc1NNC(=O)C(=O)NC(Cc1ccc(-c2cccc(Cl)c2)cc1)CC(O)C(=O)O. The molecule has 3 rings (SSSR count). The summed E-state index contributed by atoms with van der Waals surface area (Å²) in [7, 11) is 0. The Kier molecular flexibility index (Phi) is 8.83. The second-order valence-electron chi connectivity index (χ2n) is 8.07. The van der Waals surface area contributed by atoms with Crippen LogP contribution in [0.25, 0.3) is 11.1 Å². The lowest BCUT2D eigenvalue weighted by atomic mass is 9.98. The van der Waals surface area contributed by atoms with Crippen molar-refractivity contribution in [3.8, 4) is 11.1 Å². The van der Waals surface area contributed by atoms with Crippen molar-refractivity contribution in [3.05, 3.63) is 88.9 Å². The number of aliphatic carboxylic acids is 1. The normalized spacial score (nSPS) is 12.3. The summed E-state index contributed by atoms with van der Waals surface area (Å²) < 4.78 is 0. The Morgan fingerprint density at radius 1 is 0.914 bits per heavy atom. The van der Waals surface area contributed by atoms with Gasteiger partial charge in [-0.25, -0.2) is 4.79 Å². The first-order valence-corrected chi connectivity index (χ1v) is 11.3. The number of aryl methyl sites for hydroxylation is 1. The molecule has 9 heteroatoms. The number of amides is 2. The minimum Gasteiger partial charge on any atom is -0.479 e. The molecule has 0 radical (unpaired) electrons. The van der Waals surface area contributed by atoms with Crippen LogP contribution in [0, 0.1) is 6.92 Å². The zero-order valence-corrected chi connectivity index (χ0v) is 19.8. The molecule has 0 aromatic heterocycles. The predicted molar refractivity (Wildman–Crippen MR) is 134 cm³/mol. The van der Waals surface area contributed by atoms with Crippen LogP contribution in [0.4, 0.5) is 5.69 Å². The van der Waals surface area contributed by atoms with Gasteiger partial charge in [-0.05, 0) is 53.8 Å². The third-order valence-corrected chi connectivity index (χ3v) is 5.62. The minimum absolute atomic E-state index is 0.213. The van der Waals surface area contributed by atoms with Gasteiger partial charge in [0.1, 0.15) is 0 Å². The van der Waals surface area contributed by atoms with E-state index in [4.69, 9.17) is 16.7 Å². The van der Waals surface area contributed by atoms with Gasteiger partial charge in [-0.15, -0.1) is 0 Å². The Balaban J connectivity index is 1.66. The van der Waals surface area contributed by atoms with E-state index in [1.165, 1.54) is 0 Å². The number of carboxylic acid groups (broad SMARTS) is 1. The number of anilines is 1. The van der Waals surface area contributed by atoms with Crippen molar-refractivity contribution in [1.29, 1.82) is 0 Å². The van der Waals surface area contributed by atoms with Crippen LogP contribution in [0.2, 0.25) is 5.02 Å². The van der Waals surface area contributed by atoms with Gasteiger partial charge in [0.05, 0.1) is 5.69 Å². The molecule has 35 heavy (non-hydrogen) atoms. The fraction of sp³-hybridized carbons (Fsp3) is 0.192. The highest BCUT2D eigenvalue weighted by Gasteiger charge is 2.24. The van der Waals surface area contributed by atoms with E-state index in [9.17, 15) is 19.5 Å². The maximum Gasteiger partial charge on any atom is 0.332 e. The fourth-order valence-corrected chi connectivity index (χ4v) is 3.68. The minimum atomic E-state index is -1.70. The van der Waals surface area contributed by atoms with Crippen molar-refractivity contribution < 1.29 is 24.6 Å². The number of carbonyl (C=O) groups is 3. The highest BCUT2D eigenvalue weighted by atomic mass is 35.5. The second kappa shape index (κ2) is 12.0. The van der Waals surface area contributed by atoms with Crippen molar-refractivity contribution in [3.63, 3.8) is 0 Å². The third-order valence-electron chi connectivity index (χ3n) is 5.38. The van der Waals surface area contributed by atoms with Gasteiger partial charge in [-0.3, -0.25) is 20.4 Å². The summed E-state index contributed by atoms with van der Waals surface area (Å²) >= 11 is 6.06. The number of para-hydroxylation sites is 1. The van der Waals surface area contributed by atoms with Gasteiger partial charge < -0.3 is 15.5 Å². The van der Waals surface area contributed by atoms with Gasteiger partial charge in [0.15, 0.2) is 6.10 Å². The first kappa shape index (κ1) is 25.7. The maximum atomic E-state index is 12.5. The molecular formula is C26H26ClN3O5. The molecule has 0 aliphatic carbocycles. The van der Waals surface area contributed by atoms with Gasteiger partial charge >= 0.3 is 17.8 Å². The number of rotatable bonds is 9. The fourth-order valence-electron chi connectivity index (χ4n) is 3.49. The molecule has 0 saturated heterocycles. The van der Waals surface area contributed by atoms with E-state index in [0.29, 0.717) is 10.7 Å². The summed E-state index contributed by atoms with van der Waals surface area (Å²) in [6.45, 7) is 1.84. The average Bonchev–Trinajstić information content (AvgIpc) is 2.83. The van der Waals surface area contributed by atoms with Crippen molar-refractivity contribution >= 4 is 35.1 Å².